The van der Waals surface area contributed by atoms with Gasteiger partial charge >= 0.3 is 12.1 Å². The van der Waals surface area contributed by atoms with Crippen LogP contribution in [0.2, 0.25) is 0 Å². The molecule has 4 N–H and O–H groups in total. The lowest BCUT2D eigenvalue weighted by Crippen LogP contribution is -2.37. The summed E-state index contributed by atoms with van der Waals surface area (Å²) in [6.45, 7) is 1.53. The molecule has 41 heavy (non-hydrogen) atoms. The number of carbonyl (C=O) groups is 4. The van der Waals surface area contributed by atoms with Crippen molar-refractivity contribution in [3.05, 3.63) is 106 Å². The molecule has 3 aromatic rings. The monoisotopic (exact) mass is 558 g/mol. The topological polar surface area (TPSA) is 146 Å². The van der Waals surface area contributed by atoms with Crippen molar-refractivity contribution in [2.45, 2.75) is 39.3 Å². The van der Waals surface area contributed by atoms with Gasteiger partial charge in [0, 0.05) is 33.2 Å². The van der Waals surface area contributed by atoms with E-state index < -0.39 is 6.09 Å². The second-order valence-electron chi connectivity index (χ2n) is 9.22. The smallest absolute Gasteiger partial charge is 0.375 e. The Morgan fingerprint density at radius 3 is 1.90 bits per heavy atom. The minimum atomic E-state index is -0.693. The molecule has 214 valence electrons. The molecule has 0 atom stereocenters. The number of ether oxygens (including phenoxy) is 1. The van der Waals surface area contributed by atoms with E-state index in [9.17, 15) is 19.2 Å². The number of amides is 4. The Hall–Kier alpha value is -5.03. The minimum absolute atomic E-state index is 0.0795. The predicted molar refractivity (Wildman–Crippen MR) is 154 cm³/mol. The molecule has 0 aliphatic carbocycles. The first kappa shape index (κ1) is 30.5. The number of rotatable bonds is 14. The third-order valence-electron chi connectivity index (χ3n) is 6.02. The summed E-state index contributed by atoms with van der Waals surface area (Å²) in [6, 6.07) is 22.1. The number of hydrogen-bond acceptors (Lipinski definition) is 7. The second-order valence-corrected chi connectivity index (χ2v) is 9.22. The van der Waals surface area contributed by atoms with E-state index in [2.05, 4.69) is 15.6 Å². The van der Waals surface area contributed by atoms with Crippen LogP contribution in [0.1, 0.15) is 33.4 Å². The molecule has 0 fully saturated rings. The fraction of sp³-hybridized carbons (Fsp3) is 0.233. The molecule has 4 amide bonds. The van der Waals surface area contributed by atoms with Crippen LogP contribution in [0.25, 0.3) is 0 Å². The van der Waals surface area contributed by atoms with Crippen LogP contribution in [-0.2, 0) is 58.4 Å². The number of benzene rings is 3. The number of nitrogens with two attached hydrogens (primary N) is 1. The highest BCUT2D eigenvalue weighted by Gasteiger charge is 2.20. The number of amidine groups is 1. The lowest BCUT2D eigenvalue weighted by molar-refractivity contribution is -0.116. The second kappa shape index (κ2) is 16.2. The van der Waals surface area contributed by atoms with Crippen LogP contribution in [0.4, 0.5) is 4.79 Å². The number of carbonyl (C=O) groups excluding carboxylic acids is 4. The molecule has 3 rings (SSSR count). The maximum absolute atomic E-state index is 13.1. The lowest BCUT2D eigenvalue weighted by Gasteiger charge is -2.22. The maximum Gasteiger partial charge on any atom is 0.417 e. The van der Waals surface area contributed by atoms with Crippen LogP contribution in [0, 0.1) is 0 Å². The number of nitrogens with zero attached hydrogens (tertiary/aromatic N) is 3. The van der Waals surface area contributed by atoms with Crippen molar-refractivity contribution < 1.29 is 23.9 Å². The highest BCUT2D eigenvalue weighted by molar-refractivity contribution is 5.92. The molecule has 0 heterocycles. The summed E-state index contributed by atoms with van der Waals surface area (Å²) in [6.07, 6.45) is 1.09. The van der Waals surface area contributed by atoms with Crippen LogP contribution in [-0.4, -0.2) is 48.2 Å². The van der Waals surface area contributed by atoms with Gasteiger partial charge in [0.2, 0.25) is 19.2 Å². The lowest BCUT2D eigenvalue weighted by atomic mass is 10.1. The zero-order valence-electron chi connectivity index (χ0n) is 22.9. The molecule has 0 spiro atoms. The molecule has 0 aromatic heterocycles. The number of hydrogen-bond donors (Lipinski definition) is 3. The molecular formula is C30H34N6O5. The standard InChI is InChI=1S/C30H34N6O5/c1-35(18-27-9-2-5-23(11-27)14-31)30(40)41-29(34-17-26-8-3-6-24(12-26)15-32-20-37)36(22-39)19-28-10-4-7-25(13-28)16-33-21-38/h2-13,20-22H,14-19,31H2,1H3,(H,32,37)(H,33,38). The quantitative estimate of drug-likeness (QED) is 0.157. The number of nitrogens with one attached hydrogen (secondary N) is 2. The van der Waals surface area contributed by atoms with Gasteiger partial charge in [-0.1, -0.05) is 72.8 Å². The number of aliphatic imine (C=N–C) groups is 1. The fourth-order valence-corrected chi connectivity index (χ4v) is 4.03. The van der Waals surface area contributed by atoms with Crippen LogP contribution < -0.4 is 16.4 Å². The minimum Gasteiger partial charge on any atom is -0.375 e. The normalized spacial score (nSPS) is 10.8. The van der Waals surface area contributed by atoms with Crippen LogP contribution in [0.5, 0.6) is 0 Å². The molecule has 0 radical (unpaired) electrons. The van der Waals surface area contributed by atoms with E-state index in [0.717, 1.165) is 33.4 Å². The first-order valence-electron chi connectivity index (χ1n) is 12.9. The Morgan fingerprint density at radius 1 is 0.805 bits per heavy atom. The van der Waals surface area contributed by atoms with E-state index in [0.29, 0.717) is 38.9 Å². The summed E-state index contributed by atoms with van der Waals surface area (Å²) < 4.78 is 5.67. The van der Waals surface area contributed by atoms with E-state index >= 15 is 0 Å². The van der Waals surface area contributed by atoms with Crippen molar-refractivity contribution in [1.29, 1.82) is 0 Å². The SMILES string of the molecule is CN(Cc1cccc(CN)c1)C(=O)OC(=NCc1cccc(CNC=O)c1)N(C=O)Cc1cccc(CNC=O)c1. The molecular weight excluding hydrogens is 524 g/mol. The largest absolute Gasteiger partial charge is 0.417 e. The summed E-state index contributed by atoms with van der Waals surface area (Å²) in [5.74, 6) is 0. The van der Waals surface area contributed by atoms with E-state index in [1.54, 1.807) is 7.05 Å². The molecule has 0 bridgehead atoms. The molecule has 0 saturated heterocycles. The van der Waals surface area contributed by atoms with E-state index in [1.807, 2.05) is 72.8 Å². The molecule has 0 aliphatic heterocycles. The van der Waals surface area contributed by atoms with Gasteiger partial charge in [0.1, 0.15) is 0 Å². The van der Waals surface area contributed by atoms with E-state index in [1.165, 1.54) is 9.80 Å². The molecule has 0 aliphatic rings. The summed E-state index contributed by atoms with van der Waals surface area (Å²) in [7, 11) is 1.59. The summed E-state index contributed by atoms with van der Waals surface area (Å²) in [5, 5.41) is 5.23. The van der Waals surface area contributed by atoms with Gasteiger partial charge in [-0.3, -0.25) is 19.3 Å². The molecule has 11 heteroatoms. The Bertz CT molecular complexity index is 1360. The van der Waals surface area contributed by atoms with Crippen molar-refractivity contribution in [2.24, 2.45) is 10.7 Å². The molecule has 11 nitrogen and oxygen atoms in total. The van der Waals surface area contributed by atoms with Crippen LogP contribution in [0.3, 0.4) is 0 Å². The van der Waals surface area contributed by atoms with Gasteiger partial charge in [0.05, 0.1) is 13.1 Å². The third-order valence-corrected chi connectivity index (χ3v) is 6.02. The predicted octanol–water partition coefficient (Wildman–Crippen LogP) is 2.42. The van der Waals surface area contributed by atoms with Crippen LogP contribution in [0.15, 0.2) is 77.8 Å². The average Bonchev–Trinajstić information content (AvgIpc) is 3.00. The summed E-state index contributed by atoms with van der Waals surface area (Å²) in [4.78, 5) is 53.8. The highest BCUT2D eigenvalue weighted by atomic mass is 16.6. The van der Waals surface area contributed by atoms with E-state index in [4.69, 9.17) is 10.5 Å². The fourth-order valence-electron chi connectivity index (χ4n) is 4.03. The van der Waals surface area contributed by atoms with Gasteiger partial charge in [-0.25, -0.2) is 9.79 Å². The Labute approximate surface area is 239 Å². The first-order valence-corrected chi connectivity index (χ1v) is 12.9. The maximum atomic E-state index is 13.1. The van der Waals surface area contributed by atoms with Gasteiger partial charge in [-0.15, -0.1) is 0 Å². The highest BCUT2D eigenvalue weighted by Crippen LogP contribution is 2.13. The van der Waals surface area contributed by atoms with E-state index in [-0.39, 0.29) is 25.7 Å². The van der Waals surface area contributed by atoms with Gasteiger partial charge in [0.25, 0.3) is 0 Å². The zero-order chi connectivity index (χ0) is 29.5. The van der Waals surface area contributed by atoms with Crippen molar-refractivity contribution in [2.75, 3.05) is 7.05 Å². The Morgan fingerprint density at radius 2 is 1.32 bits per heavy atom. The van der Waals surface area contributed by atoms with Crippen molar-refractivity contribution in [3.8, 4) is 0 Å². The zero-order valence-corrected chi connectivity index (χ0v) is 22.9. The summed E-state index contributed by atoms with van der Waals surface area (Å²) >= 11 is 0. The third kappa shape index (κ3) is 9.90. The van der Waals surface area contributed by atoms with Gasteiger partial charge in [0.15, 0.2) is 0 Å². The van der Waals surface area contributed by atoms with Gasteiger partial charge in [-0.2, -0.15) is 0 Å². The van der Waals surface area contributed by atoms with Crippen LogP contribution >= 0.6 is 0 Å². The Balaban J connectivity index is 1.83. The van der Waals surface area contributed by atoms with Gasteiger partial charge in [-0.05, 0) is 33.4 Å². The van der Waals surface area contributed by atoms with Crippen molar-refractivity contribution >= 4 is 31.3 Å². The average molecular weight is 559 g/mol. The molecule has 0 unspecified atom stereocenters. The summed E-state index contributed by atoms with van der Waals surface area (Å²) in [5.41, 5.74) is 10.8. The van der Waals surface area contributed by atoms with Crippen molar-refractivity contribution in [1.82, 2.24) is 20.4 Å². The molecule has 0 saturated carbocycles. The first-order chi connectivity index (χ1) is 19.9. The Kier molecular flexibility index (Phi) is 12.0. The van der Waals surface area contributed by atoms with Gasteiger partial charge < -0.3 is 26.0 Å². The van der Waals surface area contributed by atoms with Crippen molar-refractivity contribution in [3.63, 3.8) is 0 Å². The molecule has 3 aromatic carbocycles.